The molecule has 0 aliphatic heterocycles. The Kier molecular flexibility index (Phi) is 5.36. The van der Waals surface area contributed by atoms with Gasteiger partial charge in [0.1, 0.15) is 6.61 Å². The van der Waals surface area contributed by atoms with Crippen molar-refractivity contribution in [1.82, 2.24) is 0 Å². The van der Waals surface area contributed by atoms with E-state index < -0.39 is 17.8 Å². The number of benzene rings is 1. The molecule has 4 heteroatoms. The van der Waals surface area contributed by atoms with Crippen molar-refractivity contribution in [3.8, 4) is 0 Å². The van der Waals surface area contributed by atoms with E-state index in [-0.39, 0.29) is 12.6 Å². The van der Waals surface area contributed by atoms with Crippen LogP contribution in [0.5, 0.6) is 0 Å². The van der Waals surface area contributed by atoms with Crippen molar-refractivity contribution in [3.05, 3.63) is 35.9 Å². The minimum atomic E-state index is -0.891. The first-order valence-electron chi connectivity index (χ1n) is 5.94. The second-order valence-electron chi connectivity index (χ2n) is 4.47. The molecule has 1 N–H and O–H groups in total. The second-order valence-corrected chi connectivity index (χ2v) is 4.47. The number of rotatable bonds is 6. The molecule has 0 radical (unpaired) electrons. The van der Waals surface area contributed by atoms with Gasteiger partial charge in [-0.25, -0.2) is 0 Å². The third kappa shape index (κ3) is 4.57. The summed E-state index contributed by atoms with van der Waals surface area (Å²) in [6.45, 7) is 3.50. The normalized spacial score (nSPS) is 13.7. The van der Waals surface area contributed by atoms with Crippen LogP contribution in [-0.2, 0) is 20.9 Å². The summed E-state index contributed by atoms with van der Waals surface area (Å²) in [6.07, 6.45) is 0.295. The Labute approximate surface area is 107 Å². The Morgan fingerprint density at radius 2 is 1.78 bits per heavy atom. The maximum absolute atomic E-state index is 11.7. The number of ether oxygens (including phenoxy) is 1. The minimum Gasteiger partial charge on any atom is -0.481 e. The lowest BCUT2D eigenvalue weighted by molar-refractivity contribution is -0.150. The monoisotopic (exact) mass is 250 g/mol. The number of carboxylic acids is 1. The number of esters is 1. The van der Waals surface area contributed by atoms with Crippen molar-refractivity contribution in [2.24, 2.45) is 11.8 Å². The molecular formula is C14H18O4. The Bertz CT molecular complexity index is 400. The van der Waals surface area contributed by atoms with E-state index in [1.807, 2.05) is 30.3 Å². The van der Waals surface area contributed by atoms with E-state index in [9.17, 15) is 9.59 Å². The van der Waals surface area contributed by atoms with Gasteiger partial charge in [0.2, 0.25) is 0 Å². The molecule has 0 aromatic heterocycles. The molecule has 98 valence electrons. The van der Waals surface area contributed by atoms with E-state index in [4.69, 9.17) is 9.84 Å². The number of aliphatic carboxylic acids is 1. The first-order chi connectivity index (χ1) is 8.50. The second kappa shape index (κ2) is 6.79. The van der Waals surface area contributed by atoms with Crippen molar-refractivity contribution in [1.29, 1.82) is 0 Å². The summed E-state index contributed by atoms with van der Waals surface area (Å²) in [5.41, 5.74) is 0.921. The van der Waals surface area contributed by atoms with E-state index >= 15 is 0 Å². The largest absolute Gasteiger partial charge is 0.481 e. The van der Waals surface area contributed by atoms with Gasteiger partial charge in [-0.05, 0) is 12.0 Å². The predicted molar refractivity (Wildman–Crippen MR) is 66.8 cm³/mol. The van der Waals surface area contributed by atoms with Crippen LogP contribution in [-0.4, -0.2) is 17.0 Å². The standard InChI is InChI=1S/C14H18O4/c1-10(13(15)16)8-11(2)14(17)18-9-12-6-4-3-5-7-12/h3-7,10-11H,8-9H2,1-2H3,(H,15,16). The van der Waals surface area contributed by atoms with Crippen LogP contribution >= 0.6 is 0 Å². The summed E-state index contributed by atoms with van der Waals surface area (Å²) in [4.78, 5) is 22.3. The highest BCUT2D eigenvalue weighted by Gasteiger charge is 2.21. The maximum Gasteiger partial charge on any atom is 0.309 e. The zero-order valence-electron chi connectivity index (χ0n) is 10.6. The summed E-state index contributed by atoms with van der Waals surface area (Å²) in [7, 11) is 0. The number of carboxylic acid groups (broad SMARTS) is 1. The number of carbonyl (C=O) groups excluding carboxylic acids is 1. The number of hydrogen-bond acceptors (Lipinski definition) is 3. The molecular weight excluding hydrogens is 232 g/mol. The molecule has 0 aliphatic rings. The van der Waals surface area contributed by atoms with Gasteiger partial charge in [-0.15, -0.1) is 0 Å². The van der Waals surface area contributed by atoms with Crippen LogP contribution in [0, 0.1) is 11.8 Å². The SMILES string of the molecule is CC(CC(C)C(=O)OCc1ccccc1)C(=O)O. The average molecular weight is 250 g/mol. The summed E-state index contributed by atoms with van der Waals surface area (Å²) >= 11 is 0. The molecule has 2 atom stereocenters. The molecule has 2 unspecified atom stereocenters. The van der Waals surface area contributed by atoms with Gasteiger partial charge in [0.25, 0.3) is 0 Å². The van der Waals surface area contributed by atoms with Crippen molar-refractivity contribution in [3.63, 3.8) is 0 Å². The Morgan fingerprint density at radius 1 is 1.17 bits per heavy atom. The van der Waals surface area contributed by atoms with Gasteiger partial charge in [-0.2, -0.15) is 0 Å². The van der Waals surface area contributed by atoms with Gasteiger partial charge in [-0.1, -0.05) is 44.2 Å². The predicted octanol–water partition coefficient (Wildman–Crippen LogP) is 2.48. The molecule has 1 rings (SSSR count). The molecule has 0 bridgehead atoms. The molecule has 0 aliphatic carbocycles. The fourth-order valence-electron chi connectivity index (χ4n) is 1.60. The van der Waals surface area contributed by atoms with E-state index in [2.05, 4.69) is 0 Å². The molecule has 1 aromatic rings. The van der Waals surface area contributed by atoms with E-state index in [1.165, 1.54) is 0 Å². The molecule has 0 fully saturated rings. The Balaban J connectivity index is 2.39. The Hall–Kier alpha value is -1.84. The lowest BCUT2D eigenvalue weighted by Gasteiger charge is -2.13. The van der Waals surface area contributed by atoms with Gasteiger partial charge in [0.05, 0.1) is 11.8 Å². The lowest BCUT2D eigenvalue weighted by Crippen LogP contribution is -2.20. The van der Waals surface area contributed by atoms with Crippen LogP contribution in [0.1, 0.15) is 25.8 Å². The molecule has 0 amide bonds. The van der Waals surface area contributed by atoms with Crippen molar-refractivity contribution in [2.75, 3.05) is 0 Å². The van der Waals surface area contributed by atoms with Gasteiger partial charge in [0.15, 0.2) is 0 Å². The highest BCUT2D eigenvalue weighted by atomic mass is 16.5. The van der Waals surface area contributed by atoms with Gasteiger partial charge >= 0.3 is 11.9 Å². The summed E-state index contributed by atoms with van der Waals surface area (Å²) in [6, 6.07) is 9.39. The van der Waals surface area contributed by atoms with E-state index in [0.717, 1.165) is 5.56 Å². The maximum atomic E-state index is 11.7. The zero-order valence-corrected chi connectivity index (χ0v) is 10.6. The molecule has 0 heterocycles. The summed E-state index contributed by atoms with van der Waals surface area (Å²) in [5.74, 6) is -2.19. The highest BCUT2D eigenvalue weighted by molar-refractivity contribution is 5.74. The first kappa shape index (κ1) is 14.2. The molecule has 1 aromatic carbocycles. The minimum absolute atomic E-state index is 0.228. The van der Waals surface area contributed by atoms with Crippen molar-refractivity contribution < 1.29 is 19.4 Å². The van der Waals surface area contributed by atoms with Crippen LogP contribution in [0.3, 0.4) is 0 Å². The average Bonchev–Trinajstić information content (AvgIpc) is 2.36. The quantitative estimate of drug-likeness (QED) is 0.788. The van der Waals surface area contributed by atoms with Gasteiger partial charge in [-0.3, -0.25) is 9.59 Å². The third-order valence-electron chi connectivity index (χ3n) is 2.75. The highest BCUT2D eigenvalue weighted by Crippen LogP contribution is 2.14. The topological polar surface area (TPSA) is 63.6 Å². The fourth-order valence-corrected chi connectivity index (χ4v) is 1.60. The summed E-state index contributed by atoms with van der Waals surface area (Å²) < 4.78 is 5.14. The van der Waals surface area contributed by atoms with Crippen molar-refractivity contribution in [2.45, 2.75) is 26.9 Å². The van der Waals surface area contributed by atoms with Crippen LogP contribution in [0.4, 0.5) is 0 Å². The zero-order chi connectivity index (χ0) is 13.5. The van der Waals surface area contributed by atoms with E-state index in [1.54, 1.807) is 13.8 Å². The number of carbonyl (C=O) groups is 2. The molecule has 18 heavy (non-hydrogen) atoms. The van der Waals surface area contributed by atoms with Crippen LogP contribution in [0.25, 0.3) is 0 Å². The number of hydrogen-bond donors (Lipinski definition) is 1. The third-order valence-corrected chi connectivity index (χ3v) is 2.75. The van der Waals surface area contributed by atoms with E-state index in [0.29, 0.717) is 6.42 Å². The fraction of sp³-hybridized carbons (Fsp3) is 0.429. The molecule has 0 spiro atoms. The van der Waals surface area contributed by atoms with Crippen molar-refractivity contribution >= 4 is 11.9 Å². The molecule has 4 nitrogen and oxygen atoms in total. The van der Waals surface area contributed by atoms with Gasteiger partial charge < -0.3 is 9.84 Å². The van der Waals surface area contributed by atoms with Crippen LogP contribution in [0.2, 0.25) is 0 Å². The molecule has 0 saturated carbocycles. The van der Waals surface area contributed by atoms with Crippen LogP contribution in [0.15, 0.2) is 30.3 Å². The smallest absolute Gasteiger partial charge is 0.309 e. The molecule has 0 saturated heterocycles. The summed E-state index contributed by atoms with van der Waals surface area (Å²) in [5, 5.41) is 8.77. The Morgan fingerprint density at radius 3 is 2.33 bits per heavy atom. The first-order valence-corrected chi connectivity index (χ1v) is 5.94. The lowest BCUT2D eigenvalue weighted by atomic mass is 9.98. The van der Waals surface area contributed by atoms with Crippen LogP contribution < -0.4 is 0 Å². The van der Waals surface area contributed by atoms with Gasteiger partial charge in [0, 0.05) is 0 Å².